The van der Waals surface area contributed by atoms with E-state index in [1.165, 1.54) is 26.9 Å². The molecule has 1 aromatic carbocycles. The van der Waals surface area contributed by atoms with Gasteiger partial charge in [-0.3, -0.25) is 4.99 Å². The summed E-state index contributed by atoms with van der Waals surface area (Å²) in [4.78, 5) is 4.20. The molecule has 0 aliphatic carbocycles. The number of benzene rings is 1. The number of hydrogen-bond donors (Lipinski definition) is 1. The maximum atomic E-state index is 13.0. The van der Waals surface area contributed by atoms with Crippen molar-refractivity contribution < 1.29 is 13.5 Å². The lowest BCUT2D eigenvalue weighted by molar-refractivity contribution is -0.0892. The van der Waals surface area contributed by atoms with Crippen molar-refractivity contribution in [3.8, 4) is 5.75 Å². The summed E-state index contributed by atoms with van der Waals surface area (Å²) >= 11 is 0. The number of nitrogens with one attached hydrogen (secondary N) is 1. The van der Waals surface area contributed by atoms with Crippen LogP contribution in [0.5, 0.6) is 5.75 Å². The van der Waals surface area contributed by atoms with Gasteiger partial charge in [-0.2, -0.15) is 8.78 Å². The van der Waals surface area contributed by atoms with E-state index in [-0.39, 0.29) is 5.75 Å². The van der Waals surface area contributed by atoms with Crippen molar-refractivity contribution in [1.29, 1.82) is 0 Å². The van der Waals surface area contributed by atoms with E-state index in [1.54, 1.807) is 19.2 Å². The molecule has 1 N–H and O–H groups in total. The topological polar surface area (TPSA) is 33.6 Å². The van der Waals surface area contributed by atoms with E-state index in [4.69, 9.17) is 0 Å². The SMILES string of the molecule is C=C(Nc1ccc(OC(F)(F)P)cc1)C(/C(=C/CC)CC)=C(\C=C/C)C(/C=NC)=C/C. The number of aliphatic imine (C=N–C) groups is 1. The largest absolute Gasteiger partial charge is 0.430 e. The highest BCUT2D eigenvalue weighted by atomic mass is 31.0. The van der Waals surface area contributed by atoms with Gasteiger partial charge in [-0.15, -0.1) is 0 Å². The van der Waals surface area contributed by atoms with Crippen LogP contribution in [0.4, 0.5) is 14.5 Å². The monoisotopic (exact) mass is 446 g/mol. The Hall–Kier alpha value is -2.52. The first-order chi connectivity index (χ1) is 14.7. The maximum Gasteiger partial charge on any atom is 0.408 e. The van der Waals surface area contributed by atoms with Gasteiger partial charge in [0.2, 0.25) is 0 Å². The summed E-state index contributed by atoms with van der Waals surface area (Å²) in [6, 6.07) is 6.35. The zero-order chi connectivity index (χ0) is 23.4. The fourth-order valence-electron chi connectivity index (χ4n) is 3.13. The van der Waals surface area contributed by atoms with E-state index in [2.05, 4.69) is 47.6 Å². The molecule has 0 heterocycles. The van der Waals surface area contributed by atoms with Crippen LogP contribution in [0.25, 0.3) is 0 Å². The van der Waals surface area contributed by atoms with Gasteiger partial charge in [-0.1, -0.05) is 44.7 Å². The van der Waals surface area contributed by atoms with Gasteiger partial charge >= 0.3 is 5.85 Å². The first kappa shape index (κ1) is 26.5. The molecule has 1 aromatic rings. The highest BCUT2D eigenvalue weighted by Gasteiger charge is 2.23. The predicted molar refractivity (Wildman–Crippen MR) is 133 cm³/mol. The molecular formula is C25H33F2N2OP. The van der Waals surface area contributed by atoms with Crippen LogP contribution in [0, 0.1) is 0 Å². The molecule has 31 heavy (non-hydrogen) atoms. The summed E-state index contributed by atoms with van der Waals surface area (Å²) in [6.07, 6.45) is 11.8. The molecule has 0 radical (unpaired) electrons. The quantitative estimate of drug-likeness (QED) is 0.215. The molecule has 0 saturated carbocycles. The molecule has 0 fully saturated rings. The first-order valence-corrected chi connectivity index (χ1v) is 10.9. The Morgan fingerprint density at radius 1 is 1.23 bits per heavy atom. The number of alkyl halides is 2. The van der Waals surface area contributed by atoms with Gasteiger partial charge in [0, 0.05) is 30.2 Å². The summed E-state index contributed by atoms with van der Waals surface area (Å²) in [5.41, 5.74) is 5.59. The molecule has 0 saturated heterocycles. The Bertz CT molecular complexity index is 889. The average molecular weight is 447 g/mol. The minimum absolute atomic E-state index is 0.0806. The lowest BCUT2D eigenvalue weighted by Gasteiger charge is -2.21. The molecular weight excluding hydrogens is 413 g/mol. The predicted octanol–water partition coefficient (Wildman–Crippen LogP) is 7.68. The minimum Gasteiger partial charge on any atom is -0.430 e. The molecule has 6 heteroatoms. The maximum absolute atomic E-state index is 13.0. The average Bonchev–Trinajstić information content (AvgIpc) is 2.71. The number of rotatable bonds is 11. The third-order valence-corrected chi connectivity index (χ3v) is 4.47. The van der Waals surface area contributed by atoms with Crippen molar-refractivity contribution in [2.24, 2.45) is 4.99 Å². The van der Waals surface area contributed by atoms with Gasteiger partial charge in [0.25, 0.3) is 0 Å². The Morgan fingerprint density at radius 2 is 1.87 bits per heavy atom. The van der Waals surface area contributed by atoms with Crippen molar-refractivity contribution in [3.05, 3.63) is 83.1 Å². The fourth-order valence-corrected chi connectivity index (χ4v) is 3.26. The molecule has 0 spiro atoms. The van der Waals surface area contributed by atoms with E-state index < -0.39 is 5.85 Å². The summed E-state index contributed by atoms with van der Waals surface area (Å²) in [6.45, 7) is 12.5. The van der Waals surface area contributed by atoms with Crippen LogP contribution < -0.4 is 10.1 Å². The van der Waals surface area contributed by atoms with Crippen LogP contribution in [0.2, 0.25) is 0 Å². The standard InChI is InChI=1S/C25H33F2N2OP/c1-7-11-19(9-3)24(23(12-8-2)20(10-4)17-28-6)18(5)29-21-13-15-22(16-14-21)30-25(26,27)31/h8,10-17,29H,5,7,9,31H2,1-4,6H3/b12-8-,19-11+,20-10+,24-23-,28-17?. The normalized spacial score (nSPS) is 14.2. The summed E-state index contributed by atoms with van der Waals surface area (Å²) in [5, 5.41) is 3.32. The van der Waals surface area contributed by atoms with Gasteiger partial charge in [0.15, 0.2) is 0 Å². The zero-order valence-electron chi connectivity index (χ0n) is 19.0. The van der Waals surface area contributed by atoms with E-state index in [0.717, 1.165) is 35.2 Å². The highest BCUT2D eigenvalue weighted by Crippen LogP contribution is 2.32. The van der Waals surface area contributed by atoms with E-state index in [9.17, 15) is 8.78 Å². The Kier molecular flexibility index (Phi) is 11.1. The Balaban J connectivity index is 3.46. The molecule has 0 amide bonds. The molecule has 1 rings (SSSR count). The lowest BCUT2D eigenvalue weighted by Crippen LogP contribution is -2.14. The highest BCUT2D eigenvalue weighted by molar-refractivity contribution is 7.17. The van der Waals surface area contributed by atoms with Crippen LogP contribution in [0.1, 0.15) is 40.5 Å². The molecule has 1 atom stereocenters. The molecule has 3 nitrogen and oxygen atoms in total. The number of anilines is 1. The molecule has 0 aliphatic heterocycles. The Labute approximate surface area is 187 Å². The smallest absolute Gasteiger partial charge is 0.408 e. The van der Waals surface area contributed by atoms with Gasteiger partial charge in [0.1, 0.15) is 5.75 Å². The van der Waals surface area contributed by atoms with Crippen molar-refractivity contribution >= 4 is 21.1 Å². The van der Waals surface area contributed by atoms with Crippen LogP contribution in [-0.2, 0) is 0 Å². The van der Waals surface area contributed by atoms with Gasteiger partial charge in [-0.05, 0) is 76.9 Å². The van der Waals surface area contributed by atoms with Crippen LogP contribution in [0.3, 0.4) is 0 Å². The molecule has 1 unspecified atom stereocenters. The van der Waals surface area contributed by atoms with Crippen LogP contribution in [0.15, 0.2) is 88.1 Å². The number of hydrogen-bond acceptors (Lipinski definition) is 3. The molecule has 0 aliphatic rings. The first-order valence-electron chi connectivity index (χ1n) is 10.3. The second kappa shape index (κ2) is 13.0. The van der Waals surface area contributed by atoms with Crippen molar-refractivity contribution in [2.75, 3.05) is 12.4 Å². The number of halogens is 2. The number of nitrogens with zero attached hydrogens (tertiary/aromatic N) is 1. The van der Waals surface area contributed by atoms with Crippen molar-refractivity contribution in [3.63, 3.8) is 0 Å². The summed E-state index contributed by atoms with van der Waals surface area (Å²) in [7, 11) is 3.11. The molecule has 0 aromatic heterocycles. The lowest BCUT2D eigenvalue weighted by atomic mass is 9.90. The minimum atomic E-state index is -3.31. The zero-order valence-corrected chi connectivity index (χ0v) is 20.2. The van der Waals surface area contributed by atoms with Gasteiger partial charge in [0.05, 0.1) is 0 Å². The number of allylic oxidation sites excluding steroid dienone is 7. The number of ether oxygens (including phenoxy) is 1. The van der Waals surface area contributed by atoms with E-state index in [1.807, 2.05) is 32.2 Å². The van der Waals surface area contributed by atoms with E-state index in [0.29, 0.717) is 5.70 Å². The molecule has 168 valence electrons. The van der Waals surface area contributed by atoms with Gasteiger partial charge in [-0.25, -0.2) is 0 Å². The fraction of sp³-hybridized carbons (Fsp3) is 0.320. The van der Waals surface area contributed by atoms with Crippen LogP contribution in [-0.4, -0.2) is 19.1 Å². The van der Waals surface area contributed by atoms with Crippen molar-refractivity contribution in [1.82, 2.24) is 0 Å². The van der Waals surface area contributed by atoms with Gasteiger partial charge < -0.3 is 10.1 Å². The van der Waals surface area contributed by atoms with Crippen LogP contribution >= 0.6 is 9.24 Å². The van der Waals surface area contributed by atoms with Crippen molar-refractivity contribution in [2.45, 2.75) is 46.4 Å². The summed E-state index contributed by atoms with van der Waals surface area (Å²) < 4.78 is 30.6. The third-order valence-electron chi connectivity index (χ3n) is 4.35. The van der Waals surface area contributed by atoms with E-state index >= 15 is 0 Å². The third kappa shape index (κ3) is 8.63. The second-order valence-corrected chi connectivity index (χ2v) is 7.38. The Morgan fingerprint density at radius 3 is 2.32 bits per heavy atom. The second-order valence-electron chi connectivity index (χ2n) is 6.70. The molecule has 0 bridgehead atoms. The summed E-state index contributed by atoms with van der Waals surface area (Å²) in [5.74, 6) is -3.22.